The third-order valence-electron chi connectivity index (χ3n) is 2.33. The first-order valence-electron chi connectivity index (χ1n) is 4.52. The highest BCUT2D eigenvalue weighted by atomic mass is 32.1. The number of aliphatic hydroxyl groups is 3. The predicted molar refractivity (Wildman–Crippen MR) is 53.8 cm³/mol. The van der Waals surface area contributed by atoms with E-state index in [1.54, 1.807) is 0 Å². The molecule has 1 aromatic rings. The molecule has 1 aliphatic heterocycles. The largest absolute Gasteiger partial charge is 0.394 e. The Labute approximate surface area is 93.7 Å². The number of nitrogen functional groups attached to an aromatic ring is 1. The van der Waals surface area contributed by atoms with Gasteiger partial charge in [-0.05, 0) is 11.5 Å². The van der Waals surface area contributed by atoms with Crippen LogP contribution in [0.5, 0.6) is 0 Å². The van der Waals surface area contributed by atoms with Crippen molar-refractivity contribution in [3.05, 3.63) is 10.5 Å². The molecule has 1 fully saturated rings. The van der Waals surface area contributed by atoms with Crippen molar-refractivity contribution in [2.45, 2.75) is 24.5 Å². The van der Waals surface area contributed by atoms with Crippen LogP contribution in [0.4, 0.5) is 5.13 Å². The molecule has 0 aliphatic carbocycles. The minimum atomic E-state index is -1.30. The average molecular weight is 249 g/mol. The van der Waals surface area contributed by atoms with Crippen molar-refractivity contribution in [1.29, 1.82) is 0 Å². The van der Waals surface area contributed by atoms with E-state index in [-0.39, 0.29) is 5.13 Å². The molecular formula is C7H11N3O5S. The van der Waals surface area contributed by atoms with Crippen LogP contribution in [0.1, 0.15) is 6.23 Å². The van der Waals surface area contributed by atoms with Crippen LogP contribution < -0.4 is 11.4 Å². The topological polar surface area (TPSA) is 131 Å². The summed E-state index contributed by atoms with van der Waals surface area (Å²) in [5, 5.41) is 28.0. The van der Waals surface area contributed by atoms with Crippen LogP contribution in [0, 0.1) is 0 Å². The van der Waals surface area contributed by atoms with Gasteiger partial charge >= 0.3 is 5.69 Å². The second-order valence-corrected chi connectivity index (χ2v) is 4.37. The number of nitrogens with two attached hydrogens (primary N) is 1. The first-order valence-corrected chi connectivity index (χ1v) is 5.29. The summed E-state index contributed by atoms with van der Waals surface area (Å²) in [6, 6.07) is 0. The van der Waals surface area contributed by atoms with Crippen LogP contribution in [0.25, 0.3) is 0 Å². The van der Waals surface area contributed by atoms with Crippen molar-refractivity contribution < 1.29 is 20.1 Å². The third-order valence-corrected chi connectivity index (χ3v) is 3.17. The highest BCUT2D eigenvalue weighted by molar-refractivity contribution is 7.10. The molecular weight excluding hydrogens is 238 g/mol. The zero-order chi connectivity index (χ0) is 11.9. The van der Waals surface area contributed by atoms with E-state index >= 15 is 0 Å². The van der Waals surface area contributed by atoms with Gasteiger partial charge in [-0.3, -0.25) is 0 Å². The molecule has 0 radical (unpaired) electrons. The molecule has 8 nitrogen and oxygen atoms in total. The summed E-state index contributed by atoms with van der Waals surface area (Å²) < 4.78 is 6.17. The molecule has 16 heavy (non-hydrogen) atoms. The van der Waals surface area contributed by atoms with Gasteiger partial charge in [-0.15, -0.1) is 0 Å². The fourth-order valence-corrected chi connectivity index (χ4v) is 2.26. The summed E-state index contributed by atoms with van der Waals surface area (Å²) in [6.07, 6.45) is -4.52. The molecule has 1 aromatic heterocycles. The Morgan fingerprint density at radius 3 is 2.62 bits per heavy atom. The van der Waals surface area contributed by atoms with E-state index in [1.807, 2.05) is 0 Å². The van der Waals surface area contributed by atoms with Gasteiger partial charge in [-0.1, -0.05) is 0 Å². The van der Waals surface area contributed by atoms with Crippen molar-refractivity contribution in [1.82, 2.24) is 8.94 Å². The average Bonchev–Trinajstić information content (AvgIpc) is 2.70. The lowest BCUT2D eigenvalue weighted by Crippen LogP contribution is -2.34. The van der Waals surface area contributed by atoms with Crippen LogP contribution in [-0.2, 0) is 4.74 Å². The zero-order valence-corrected chi connectivity index (χ0v) is 8.87. The molecule has 0 unspecified atom stereocenters. The van der Waals surface area contributed by atoms with E-state index in [2.05, 4.69) is 4.98 Å². The Morgan fingerprint density at radius 2 is 2.19 bits per heavy atom. The molecule has 90 valence electrons. The molecule has 0 bridgehead atoms. The van der Waals surface area contributed by atoms with Gasteiger partial charge in [0.15, 0.2) is 6.23 Å². The smallest absolute Gasteiger partial charge is 0.362 e. The molecule has 2 rings (SSSR count). The summed E-state index contributed by atoms with van der Waals surface area (Å²) >= 11 is 0.823. The van der Waals surface area contributed by atoms with E-state index in [0.29, 0.717) is 0 Å². The minimum Gasteiger partial charge on any atom is -0.394 e. The Balaban J connectivity index is 2.29. The van der Waals surface area contributed by atoms with Crippen molar-refractivity contribution in [3.8, 4) is 0 Å². The van der Waals surface area contributed by atoms with Crippen LogP contribution in [0.3, 0.4) is 0 Å². The normalized spacial score (nSPS) is 34.4. The van der Waals surface area contributed by atoms with E-state index in [9.17, 15) is 15.0 Å². The SMILES string of the molecule is Nc1nc(=O)n([C@@H]2O[C@H](CO)[C@@H](O)[C@H]2O)s1. The molecule has 0 spiro atoms. The second-order valence-electron chi connectivity index (χ2n) is 3.38. The van der Waals surface area contributed by atoms with Gasteiger partial charge in [-0.2, -0.15) is 4.98 Å². The van der Waals surface area contributed by atoms with E-state index in [4.69, 9.17) is 15.6 Å². The van der Waals surface area contributed by atoms with Crippen molar-refractivity contribution >= 4 is 16.7 Å². The number of hydrogen-bond acceptors (Lipinski definition) is 8. The quantitative estimate of drug-likeness (QED) is 0.455. The summed E-state index contributed by atoms with van der Waals surface area (Å²) in [5.74, 6) is 0. The van der Waals surface area contributed by atoms with Crippen LogP contribution in [0.2, 0.25) is 0 Å². The minimum absolute atomic E-state index is 0.0442. The Kier molecular flexibility index (Phi) is 2.95. The first kappa shape index (κ1) is 11.5. The zero-order valence-electron chi connectivity index (χ0n) is 8.05. The highest BCUT2D eigenvalue weighted by Gasteiger charge is 2.44. The number of aliphatic hydroxyl groups excluding tert-OH is 3. The monoisotopic (exact) mass is 249 g/mol. The molecule has 4 atom stereocenters. The maximum absolute atomic E-state index is 11.3. The maximum atomic E-state index is 11.3. The third kappa shape index (κ3) is 1.72. The fraction of sp³-hybridized carbons (Fsp3) is 0.714. The lowest BCUT2D eigenvalue weighted by atomic mass is 10.1. The van der Waals surface area contributed by atoms with Crippen LogP contribution in [-0.4, -0.2) is 49.2 Å². The molecule has 0 saturated carbocycles. The fourth-order valence-electron chi connectivity index (χ4n) is 1.54. The molecule has 5 N–H and O–H groups in total. The van der Waals surface area contributed by atoms with Gasteiger partial charge in [0.25, 0.3) is 0 Å². The molecule has 0 aromatic carbocycles. The van der Waals surface area contributed by atoms with Gasteiger partial charge in [-0.25, -0.2) is 8.75 Å². The van der Waals surface area contributed by atoms with Gasteiger partial charge in [0.1, 0.15) is 18.3 Å². The number of anilines is 1. The lowest BCUT2D eigenvalue weighted by molar-refractivity contribution is -0.0493. The first-order chi connectivity index (χ1) is 7.54. The van der Waals surface area contributed by atoms with Crippen LogP contribution in [0.15, 0.2) is 4.79 Å². The Bertz CT molecular complexity index is 432. The summed E-state index contributed by atoms with van der Waals surface area (Å²) in [4.78, 5) is 14.8. The number of ether oxygens (including phenoxy) is 1. The maximum Gasteiger partial charge on any atom is 0.362 e. The molecule has 0 amide bonds. The number of hydrogen-bond donors (Lipinski definition) is 4. The highest BCUT2D eigenvalue weighted by Crippen LogP contribution is 2.29. The number of aromatic nitrogens is 2. The molecule has 1 saturated heterocycles. The Hall–Kier alpha value is -1.00. The number of nitrogens with zero attached hydrogens (tertiary/aromatic N) is 2. The molecule has 9 heteroatoms. The Morgan fingerprint density at radius 1 is 1.50 bits per heavy atom. The standard InChI is InChI=1S/C7H11N3O5S/c8-6-9-7(14)10(16-6)5-4(13)3(12)2(1-11)15-5/h2-5,11-13H,1H2,(H2,8,9,14)/t2-,3-,4-,5-/m1/s1. The van der Waals surface area contributed by atoms with E-state index in [0.717, 1.165) is 15.5 Å². The van der Waals surface area contributed by atoms with Crippen molar-refractivity contribution in [3.63, 3.8) is 0 Å². The van der Waals surface area contributed by atoms with Gasteiger partial charge < -0.3 is 25.8 Å². The lowest BCUT2D eigenvalue weighted by Gasteiger charge is -2.13. The molecule has 1 aliphatic rings. The number of rotatable bonds is 2. The van der Waals surface area contributed by atoms with Gasteiger partial charge in [0.2, 0.25) is 5.13 Å². The summed E-state index contributed by atoms with van der Waals surface area (Å²) in [7, 11) is 0. The summed E-state index contributed by atoms with van der Waals surface area (Å²) in [6.45, 7) is -0.447. The van der Waals surface area contributed by atoms with Crippen LogP contribution >= 0.6 is 11.5 Å². The van der Waals surface area contributed by atoms with Gasteiger partial charge in [0.05, 0.1) is 6.61 Å². The van der Waals surface area contributed by atoms with Crippen molar-refractivity contribution in [2.24, 2.45) is 0 Å². The second kappa shape index (κ2) is 4.11. The predicted octanol–water partition coefficient (Wildman–Crippen LogP) is -2.50. The van der Waals surface area contributed by atoms with E-state index < -0.39 is 36.8 Å². The summed E-state index contributed by atoms with van der Waals surface area (Å²) in [5.41, 5.74) is 4.68. The van der Waals surface area contributed by atoms with E-state index in [1.165, 1.54) is 0 Å². The van der Waals surface area contributed by atoms with Gasteiger partial charge in [0, 0.05) is 0 Å². The van der Waals surface area contributed by atoms with Crippen molar-refractivity contribution in [2.75, 3.05) is 12.3 Å². The molecule has 2 heterocycles.